The summed E-state index contributed by atoms with van der Waals surface area (Å²) in [7, 11) is 0. The van der Waals surface area contributed by atoms with Gasteiger partial charge in [-0.25, -0.2) is 9.37 Å². The maximum absolute atomic E-state index is 13.9. The van der Waals surface area contributed by atoms with E-state index in [0.717, 1.165) is 39.4 Å². The van der Waals surface area contributed by atoms with Crippen molar-refractivity contribution in [3.05, 3.63) is 111 Å². The number of aromatic nitrogens is 2. The van der Waals surface area contributed by atoms with Crippen LogP contribution < -0.4 is 10.6 Å². The van der Waals surface area contributed by atoms with Crippen LogP contribution in [0.4, 0.5) is 15.9 Å². The van der Waals surface area contributed by atoms with Crippen LogP contribution in [-0.2, 0) is 0 Å². The first-order valence-electron chi connectivity index (χ1n) is 11.6. The van der Waals surface area contributed by atoms with Gasteiger partial charge in [0.2, 0.25) is 0 Å². The molecule has 0 spiro atoms. The molecule has 190 valence electrons. The van der Waals surface area contributed by atoms with Crippen LogP contribution in [-0.4, -0.2) is 22.4 Å². The summed E-state index contributed by atoms with van der Waals surface area (Å²) in [6.45, 7) is 1.82. The molecule has 1 atom stereocenters. The molecule has 3 N–H and O–H groups in total. The number of benzene rings is 2. The standard InChI is InChI=1S/C27H21ClFN7O2/c1-15-12-32-26(34-21-2-3-25-16(8-21)4-5-38-25)11-22(15)18-9-23(31-13-18)27(37)35-24(14-33-36-30)17-6-19(28)10-20(29)7-17/h2-13,24,31H,14H2,1H3,(H,32,34)(H,35,37)/t24-/m1/s1. The molecular weight excluding hydrogens is 509 g/mol. The molecule has 0 saturated carbocycles. The second kappa shape index (κ2) is 10.7. The zero-order valence-electron chi connectivity index (χ0n) is 20.1. The largest absolute Gasteiger partial charge is 0.464 e. The molecule has 0 fully saturated rings. The lowest BCUT2D eigenvalue weighted by molar-refractivity contribution is 0.0933. The van der Waals surface area contributed by atoms with Crippen molar-refractivity contribution < 1.29 is 13.6 Å². The van der Waals surface area contributed by atoms with E-state index in [4.69, 9.17) is 21.5 Å². The van der Waals surface area contributed by atoms with Crippen molar-refractivity contribution >= 4 is 40.0 Å². The molecule has 38 heavy (non-hydrogen) atoms. The summed E-state index contributed by atoms with van der Waals surface area (Å²) < 4.78 is 19.3. The van der Waals surface area contributed by atoms with Gasteiger partial charge in [-0.2, -0.15) is 0 Å². The Morgan fingerprint density at radius 1 is 1.24 bits per heavy atom. The maximum Gasteiger partial charge on any atom is 0.268 e. The van der Waals surface area contributed by atoms with Crippen molar-refractivity contribution in [2.24, 2.45) is 5.11 Å². The van der Waals surface area contributed by atoms with E-state index in [1.807, 2.05) is 37.3 Å². The number of hydrogen-bond donors (Lipinski definition) is 3. The number of amides is 1. The lowest BCUT2D eigenvalue weighted by atomic mass is 10.0. The molecule has 11 heteroatoms. The van der Waals surface area contributed by atoms with Crippen molar-refractivity contribution in [3.63, 3.8) is 0 Å². The van der Waals surface area contributed by atoms with E-state index in [2.05, 4.69) is 30.6 Å². The molecule has 0 radical (unpaired) electrons. The quantitative estimate of drug-likeness (QED) is 0.109. The van der Waals surface area contributed by atoms with E-state index in [1.165, 1.54) is 12.1 Å². The number of carbonyl (C=O) groups is 1. The van der Waals surface area contributed by atoms with E-state index in [1.54, 1.807) is 24.7 Å². The number of nitrogens with one attached hydrogen (secondary N) is 3. The number of rotatable bonds is 8. The number of halogens is 2. The Bertz CT molecular complexity index is 1670. The predicted molar refractivity (Wildman–Crippen MR) is 144 cm³/mol. The normalized spacial score (nSPS) is 11.7. The molecule has 1 amide bonds. The first-order valence-corrected chi connectivity index (χ1v) is 11.9. The minimum Gasteiger partial charge on any atom is -0.464 e. The van der Waals surface area contributed by atoms with Gasteiger partial charge in [0.1, 0.15) is 22.9 Å². The summed E-state index contributed by atoms with van der Waals surface area (Å²) in [5, 5.41) is 10.8. The SMILES string of the molecule is Cc1cnc(Nc2ccc3occc3c2)cc1-c1c[nH]c(C(=O)N[C@H](CN=[N+]=[N-])c2cc(F)cc(Cl)c2)c1. The van der Waals surface area contributed by atoms with Crippen molar-refractivity contribution in [1.29, 1.82) is 0 Å². The fourth-order valence-electron chi connectivity index (χ4n) is 4.14. The van der Waals surface area contributed by atoms with Crippen molar-refractivity contribution in [3.8, 4) is 11.1 Å². The number of H-pyrrole nitrogens is 1. The highest BCUT2D eigenvalue weighted by Gasteiger charge is 2.19. The van der Waals surface area contributed by atoms with Crippen LogP contribution >= 0.6 is 11.6 Å². The first kappa shape index (κ1) is 24.9. The molecule has 2 aromatic carbocycles. The molecule has 0 saturated heterocycles. The number of aryl methyl sites for hydroxylation is 1. The minimum absolute atomic E-state index is 0.112. The third-order valence-electron chi connectivity index (χ3n) is 5.99. The highest BCUT2D eigenvalue weighted by molar-refractivity contribution is 6.30. The first-order chi connectivity index (χ1) is 18.4. The van der Waals surface area contributed by atoms with Gasteiger partial charge in [0.15, 0.2) is 0 Å². The Labute approximate surface area is 221 Å². The number of pyridine rings is 1. The molecule has 5 aromatic rings. The number of anilines is 2. The zero-order valence-corrected chi connectivity index (χ0v) is 20.8. The molecule has 0 aliphatic carbocycles. The molecule has 0 bridgehead atoms. The zero-order chi connectivity index (χ0) is 26.6. The predicted octanol–water partition coefficient (Wildman–Crippen LogP) is 7.45. The monoisotopic (exact) mass is 529 g/mol. The van der Waals surface area contributed by atoms with Crippen LogP contribution in [0.5, 0.6) is 0 Å². The van der Waals surface area contributed by atoms with E-state index < -0.39 is 17.8 Å². The van der Waals surface area contributed by atoms with Gasteiger partial charge >= 0.3 is 0 Å². The summed E-state index contributed by atoms with van der Waals surface area (Å²) in [6, 6.07) is 14.4. The molecule has 0 aliphatic heterocycles. The Balaban J connectivity index is 1.36. The van der Waals surface area contributed by atoms with Gasteiger partial charge in [0.05, 0.1) is 18.8 Å². The highest BCUT2D eigenvalue weighted by Crippen LogP contribution is 2.29. The van der Waals surface area contributed by atoms with Crippen molar-refractivity contribution in [2.75, 3.05) is 11.9 Å². The van der Waals surface area contributed by atoms with Crippen molar-refractivity contribution in [2.45, 2.75) is 13.0 Å². The van der Waals surface area contributed by atoms with Crippen LogP contribution in [0.1, 0.15) is 27.7 Å². The second-order valence-electron chi connectivity index (χ2n) is 8.63. The third kappa shape index (κ3) is 5.46. The average Bonchev–Trinajstić information content (AvgIpc) is 3.57. The Hall–Kier alpha value is -4.79. The van der Waals surface area contributed by atoms with Crippen LogP contribution in [0, 0.1) is 12.7 Å². The number of furan rings is 1. The maximum atomic E-state index is 13.9. The summed E-state index contributed by atoms with van der Waals surface area (Å²) in [5.74, 6) is -0.372. The molecule has 5 rings (SSSR count). The number of azide groups is 1. The number of nitrogens with zero attached hydrogens (tertiary/aromatic N) is 4. The van der Waals surface area contributed by atoms with Gasteiger partial charge in [-0.15, -0.1) is 0 Å². The highest BCUT2D eigenvalue weighted by atomic mass is 35.5. The summed E-state index contributed by atoms with van der Waals surface area (Å²) in [6.07, 6.45) is 5.12. The molecule has 0 aliphatic rings. The van der Waals surface area contributed by atoms with Gasteiger partial charge in [-0.05, 0) is 83.7 Å². The van der Waals surface area contributed by atoms with Gasteiger partial charge in [0.25, 0.3) is 5.91 Å². The Kier molecular flexibility index (Phi) is 6.99. The van der Waals surface area contributed by atoms with E-state index in [9.17, 15) is 9.18 Å². The summed E-state index contributed by atoms with van der Waals surface area (Å²) in [5.41, 5.74) is 13.7. The Morgan fingerprint density at radius 2 is 2.11 bits per heavy atom. The average molecular weight is 530 g/mol. The van der Waals surface area contributed by atoms with Gasteiger partial charge < -0.3 is 20.0 Å². The third-order valence-corrected chi connectivity index (χ3v) is 6.20. The fourth-order valence-corrected chi connectivity index (χ4v) is 4.37. The fraction of sp³-hybridized carbons (Fsp3) is 0.111. The van der Waals surface area contributed by atoms with Gasteiger partial charge in [-0.3, -0.25) is 4.79 Å². The number of fused-ring (bicyclic) bond motifs is 1. The summed E-state index contributed by atoms with van der Waals surface area (Å²) in [4.78, 5) is 23.3. The van der Waals surface area contributed by atoms with Gasteiger partial charge in [0, 0.05) is 39.0 Å². The molecule has 9 nitrogen and oxygen atoms in total. The van der Waals surface area contributed by atoms with E-state index in [-0.39, 0.29) is 17.3 Å². The lowest BCUT2D eigenvalue weighted by Gasteiger charge is -2.17. The van der Waals surface area contributed by atoms with Crippen LogP contribution in [0.2, 0.25) is 5.02 Å². The van der Waals surface area contributed by atoms with Crippen LogP contribution in [0.3, 0.4) is 0 Å². The van der Waals surface area contributed by atoms with Gasteiger partial charge in [-0.1, -0.05) is 16.7 Å². The van der Waals surface area contributed by atoms with Crippen molar-refractivity contribution in [1.82, 2.24) is 15.3 Å². The lowest BCUT2D eigenvalue weighted by Crippen LogP contribution is -2.30. The molecule has 3 aromatic heterocycles. The van der Waals surface area contributed by atoms with Crippen LogP contribution in [0.25, 0.3) is 32.5 Å². The smallest absolute Gasteiger partial charge is 0.268 e. The second-order valence-corrected chi connectivity index (χ2v) is 9.06. The number of hydrogen-bond acceptors (Lipinski definition) is 5. The minimum atomic E-state index is -0.774. The molecule has 3 heterocycles. The number of aromatic amines is 1. The molecule has 0 unspecified atom stereocenters. The summed E-state index contributed by atoms with van der Waals surface area (Å²) >= 11 is 5.98. The van der Waals surface area contributed by atoms with Crippen LogP contribution in [0.15, 0.2) is 82.8 Å². The topological polar surface area (TPSA) is 132 Å². The molecular formula is C27H21ClFN7O2. The van der Waals surface area contributed by atoms with E-state index in [0.29, 0.717) is 11.4 Å². The number of carbonyl (C=O) groups excluding carboxylic acids is 1. The van der Waals surface area contributed by atoms with E-state index >= 15 is 0 Å². The Morgan fingerprint density at radius 3 is 2.92 bits per heavy atom.